The molecule has 76 valence electrons. The third-order valence-corrected chi connectivity index (χ3v) is 2.56. The highest BCUT2D eigenvalue weighted by Crippen LogP contribution is 2.19. The van der Waals surface area contributed by atoms with E-state index in [9.17, 15) is 4.79 Å². The van der Waals surface area contributed by atoms with Crippen LogP contribution in [0.5, 0.6) is 0 Å². The summed E-state index contributed by atoms with van der Waals surface area (Å²) >= 11 is 5.84. The lowest BCUT2D eigenvalue weighted by atomic mass is 10.3. The molecular weight excluding hydrogens is 202 g/mol. The second-order valence-electron chi connectivity index (χ2n) is 3.54. The van der Waals surface area contributed by atoms with Gasteiger partial charge in [0.25, 0.3) is 0 Å². The number of halogens is 1. The smallest absolute Gasteiger partial charge is 0.196 e. The Morgan fingerprint density at radius 3 is 3.00 bits per heavy atom. The van der Waals surface area contributed by atoms with Gasteiger partial charge in [-0.05, 0) is 12.8 Å². The maximum atomic E-state index is 11.7. The highest BCUT2D eigenvalue weighted by atomic mass is 35.5. The fraction of sp³-hybridized carbons (Fsp3) is 0.556. The summed E-state index contributed by atoms with van der Waals surface area (Å²) < 4.78 is 1.51. The van der Waals surface area contributed by atoms with Crippen molar-refractivity contribution < 1.29 is 4.79 Å². The summed E-state index contributed by atoms with van der Waals surface area (Å²) in [6, 6.07) is 0.533. The van der Waals surface area contributed by atoms with Gasteiger partial charge in [0.15, 0.2) is 5.78 Å². The fourth-order valence-electron chi connectivity index (χ4n) is 1.33. The molecule has 5 heteroatoms. The summed E-state index contributed by atoms with van der Waals surface area (Å²) in [5.74, 6) is 0.00176. The molecule has 0 aromatic carbocycles. The van der Waals surface area contributed by atoms with E-state index in [4.69, 9.17) is 11.6 Å². The molecule has 2 rings (SSSR count). The number of nitrogens with one attached hydrogen (secondary N) is 1. The standard InChI is InChI=1S/C9H12ClN3O/c1-13-9(7(10)4-12-13)8(14)5-11-6-2-3-6/h4,6,11H,2-3,5H2,1H3. The van der Waals surface area contributed by atoms with E-state index in [1.54, 1.807) is 7.05 Å². The zero-order valence-electron chi connectivity index (χ0n) is 7.96. The normalized spacial score (nSPS) is 15.9. The van der Waals surface area contributed by atoms with Gasteiger partial charge in [-0.1, -0.05) is 11.6 Å². The third kappa shape index (κ3) is 1.96. The number of ketones is 1. The molecule has 1 heterocycles. The van der Waals surface area contributed by atoms with Gasteiger partial charge in [-0.25, -0.2) is 0 Å². The second-order valence-corrected chi connectivity index (χ2v) is 3.95. The predicted molar refractivity (Wildman–Crippen MR) is 53.6 cm³/mol. The topological polar surface area (TPSA) is 46.9 Å². The molecule has 1 aromatic heterocycles. The maximum Gasteiger partial charge on any atom is 0.196 e. The molecular formula is C9H12ClN3O. The Balaban J connectivity index is 2.01. The van der Waals surface area contributed by atoms with Crippen LogP contribution in [0.15, 0.2) is 6.20 Å². The average molecular weight is 214 g/mol. The molecule has 1 N–H and O–H groups in total. The molecule has 1 aliphatic carbocycles. The van der Waals surface area contributed by atoms with Crippen molar-refractivity contribution in [3.05, 3.63) is 16.9 Å². The quantitative estimate of drug-likeness (QED) is 0.760. The first-order valence-electron chi connectivity index (χ1n) is 4.62. The van der Waals surface area contributed by atoms with E-state index in [-0.39, 0.29) is 5.78 Å². The summed E-state index contributed by atoms with van der Waals surface area (Å²) in [4.78, 5) is 11.7. The first kappa shape index (κ1) is 9.68. The van der Waals surface area contributed by atoms with Crippen LogP contribution in [-0.4, -0.2) is 28.2 Å². The highest BCUT2D eigenvalue weighted by molar-refractivity contribution is 6.33. The largest absolute Gasteiger partial charge is 0.307 e. The number of hydrogen-bond acceptors (Lipinski definition) is 3. The molecule has 0 radical (unpaired) electrons. The lowest BCUT2D eigenvalue weighted by molar-refractivity contribution is 0.0981. The molecule has 14 heavy (non-hydrogen) atoms. The number of Topliss-reactive ketones (excluding diaryl/α,β-unsaturated/α-hetero) is 1. The van der Waals surface area contributed by atoms with E-state index >= 15 is 0 Å². The SMILES string of the molecule is Cn1ncc(Cl)c1C(=O)CNC1CC1. The first-order valence-corrected chi connectivity index (χ1v) is 5.00. The van der Waals surface area contributed by atoms with Crippen molar-refractivity contribution in [3.8, 4) is 0 Å². The average Bonchev–Trinajstić information content (AvgIpc) is 2.90. The van der Waals surface area contributed by atoms with E-state index in [2.05, 4.69) is 10.4 Å². The van der Waals surface area contributed by atoms with Crippen LogP contribution in [0, 0.1) is 0 Å². The molecule has 0 saturated heterocycles. The van der Waals surface area contributed by atoms with Crippen molar-refractivity contribution >= 4 is 17.4 Å². The van der Waals surface area contributed by atoms with Gasteiger partial charge in [0.05, 0.1) is 17.8 Å². The number of carbonyl (C=O) groups is 1. The minimum Gasteiger partial charge on any atom is -0.307 e. The monoisotopic (exact) mass is 213 g/mol. The van der Waals surface area contributed by atoms with Crippen molar-refractivity contribution in [2.24, 2.45) is 7.05 Å². The van der Waals surface area contributed by atoms with Gasteiger partial charge in [-0.15, -0.1) is 0 Å². The van der Waals surface area contributed by atoms with Gasteiger partial charge in [0, 0.05) is 13.1 Å². The molecule has 0 bridgehead atoms. The fourth-order valence-corrected chi connectivity index (χ4v) is 1.60. The van der Waals surface area contributed by atoms with Crippen LogP contribution in [0.2, 0.25) is 5.02 Å². The summed E-state index contributed by atoms with van der Waals surface area (Å²) in [6.45, 7) is 0.351. The molecule has 1 saturated carbocycles. The maximum absolute atomic E-state index is 11.7. The number of aryl methyl sites for hydroxylation is 1. The third-order valence-electron chi connectivity index (χ3n) is 2.29. The van der Waals surface area contributed by atoms with Gasteiger partial charge in [0.2, 0.25) is 0 Å². The molecule has 1 aliphatic rings. The van der Waals surface area contributed by atoms with Crippen molar-refractivity contribution in [2.45, 2.75) is 18.9 Å². The second kappa shape index (κ2) is 3.71. The summed E-state index contributed by atoms with van der Waals surface area (Å²) in [5, 5.41) is 7.49. The molecule has 0 amide bonds. The molecule has 0 atom stereocenters. The van der Waals surface area contributed by atoms with Crippen molar-refractivity contribution in [2.75, 3.05) is 6.54 Å². The van der Waals surface area contributed by atoms with Gasteiger partial charge >= 0.3 is 0 Å². The van der Waals surface area contributed by atoms with Gasteiger partial charge in [-0.2, -0.15) is 5.10 Å². The molecule has 0 aliphatic heterocycles. The zero-order chi connectivity index (χ0) is 10.1. The number of rotatable bonds is 4. The predicted octanol–water partition coefficient (Wildman–Crippen LogP) is 1.01. The Labute approximate surface area is 87.2 Å². The first-order chi connectivity index (χ1) is 6.68. The Hall–Kier alpha value is -0.870. The zero-order valence-corrected chi connectivity index (χ0v) is 8.71. The Kier molecular flexibility index (Phi) is 2.56. The van der Waals surface area contributed by atoms with Crippen LogP contribution in [0.25, 0.3) is 0 Å². The molecule has 0 unspecified atom stereocenters. The summed E-state index contributed by atoms with van der Waals surface area (Å²) in [7, 11) is 1.72. The minimum absolute atomic E-state index is 0.00176. The lowest BCUT2D eigenvalue weighted by Crippen LogP contribution is -2.26. The van der Waals surface area contributed by atoms with Crippen LogP contribution in [0.1, 0.15) is 23.3 Å². The van der Waals surface area contributed by atoms with E-state index in [1.807, 2.05) is 0 Å². The summed E-state index contributed by atoms with van der Waals surface area (Å²) in [6.07, 6.45) is 3.84. The number of carbonyl (C=O) groups excluding carboxylic acids is 1. The van der Waals surface area contributed by atoms with Crippen LogP contribution in [0.3, 0.4) is 0 Å². The Morgan fingerprint density at radius 2 is 2.50 bits per heavy atom. The molecule has 1 aromatic rings. The molecule has 0 spiro atoms. The van der Waals surface area contributed by atoms with E-state index < -0.39 is 0 Å². The van der Waals surface area contributed by atoms with Gasteiger partial charge in [-0.3, -0.25) is 9.48 Å². The van der Waals surface area contributed by atoms with E-state index in [0.717, 1.165) is 0 Å². The van der Waals surface area contributed by atoms with Crippen LogP contribution < -0.4 is 5.32 Å². The van der Waals surface area contributed by atoms with Crippen molar-refractivity contribution in [1.29, 1.82) is 0 Å². The summed E-state index contributed by atoms with van der Waals surface area (Å²) in [5.41, 5.74) is 0.486. The number of nitrogens with zero attached hydrogens (tertiary/aromatic N) is 2. The Morgan fingerprint density at radius 1 is 1.79 bits per heavy atom. The molecule has 4 nitrogen and oxygen atoms in total. The lowest BCUT2D eigenvalue weighted by Gasteiger charge is -2.02. The number of aromatic nitrogens is 2. The minimum atomic E-state index is 0.00176. The van der Waals surface area contributed by atoms with Crippen molar-refractivity contribution in [3.63, 3.8) is 0 Å². The van der Waals surface area contributed by atoms with Crippen LogP contribution >= 0.6 is 11.6 Å². The van der Waals surface area contributed by atoms with E-state index in [0.29, 0.717) is 23.3 Å². The number of hydrogen-bond donors (Lipinski definition) is 1. The van der Waals surface area contributed by atoms with Crippen LogP contribution in [0.4, 0.5) is 0 Å². The highest BCUT2D eigenvalue weighted by Gasteiger charge is 2.23. The Bertz CT molecular complexity index is 337. The van der Waals surface area contributed by atoms with Gasteiger partial charge in [0.1, 0.15) is 5.69 Å². The van der Waals surface area contributed by atoms with E-state index in [1.165, 1.54) is 23.7 Å². The molecule has 1 fully saturated rings. The van der Waals surface area contributed by atoms with Crippen LogP contribution in [-0.2, 0) is 7.05 Å². The van der Waals surface area contributed by atoms with Gasteiger partial charge < -0.3 is 5.32 Å². The van der Waals surface area contributed by atoms with Crippen molar-refractivity contribution in [1.82, 2.24) is 15.1 Å².